The van der Waals surface area contributed by atoms with E-state index >= 15 is 0 Å². The van der Waals surface area contributed by atoms with Crippen LogP contribution in [0.15, 0.2) is 18.2 Å². The first kappa shape index (κ1) is 13.4. The van der Waals surface area contributed by atoms with Crippen LogP contribution in [0, 0.1) is 0 Å². The van der Waals surface area contributed by atoms with E-state index in [9.17, 15) is 13.2 Å². The van der Waals surface area contributed by atoms with Crippen molar-refractivity contribution in [3.63, 3.8) is 0 Å². The smallest absolute Gasteiger partial charge is 0.335 e. The van der Waals surface area contributed by atoms with E-state index in [0.29, 0.717) is 31.7 Å². The molecule has 3 rings (SSSR count). The van der Waals surface area contributed by atoms with Gasteiger partial charge < -0.3 is 5.11 Å². The van der Waals surface area contributed by atoms with E-state index in [1.54, 1.807) is 6.07 Å². The van der Waals surface area contributed by atoms with Gasteiger partial charge in [-0.2, -0.15) is 12.7 Å². The van der Waals surface area contributed by atoms with Crippen LogP contribution in [0.4, 0.5) is 5.69 Å². The second-order valence-corrected chi connectivity index (χ2v) is 6.94. The van der Waals surface area contributed by atoms with Gasteiger partial charge in [0, 0.05) is 19.6 Å². The van der Waals surface area contributed by atoms with Gasteiger partial charge >= 0.3 is 16.2 Å². The van der Waals surface area contributed by atoms with E-state index in [0.717, 1.165) is 18.4 Å². The summed E-state index contributed by atoms with van der Waals surface area (Å²) in [4.78, 5) is 11.0. The van der Waals surface area contributed by atoms with Gasteiger partial charge in [-0.3, -0.25) is 4.31 Å². The van der Waals surface area contributed by atoms with Crippen LogP contribution in [0.3, 0.4) is 0 Å². The first-order valence-corrected chi connectivity index (χ1v) is 8.04. The van der Waals surface area contributed by atoms with Gasteiger partial charge in [0.2, 0.25) is 0 Å². The van der Waals surface area contributed by atoms with Gasteiger partial charge in [0.25, 0.3) is 0 Å². The Morgan fingerprint density at radius 3 is 2.50 bits per heavy atom. The van der Waals surface area contributed by atoms with E-state index in [4.69, 9.17) is 5.11 Å². The van der Waals surface area contributed by atoms with Gasteiger partial charge in [0.05, 0.1) is 11.3 Å². The molecule has 1 fully saturated rings. The number of fused-ring (bicyclic) bond motifs is 1. The number of hydrogen-bond donors (Lipinski definition) is 1. The van der Waals surface area contributed by atoms with Crippen molar-refractivity contribution in [2.45, 2.75) is 19.3 Å². The zero-order valence-electron chi connectivity index (χ0n) is 10.9. The Balaban J connectivity index is 1.99. The first-order valence-electron chi connectivity index (χ1n) is 6.64. The third-order valence-corrected chi connectivity index (χ3v) is 5.81. The van der Waals surface area contributed by atoms with Gasteiger partial charge in [0.15, 0.2) is 0 Å². The van der Waals surface area contributed by atoms with E-state index in [1.807, 2.05) is 0 Å². The molecule has 1 N–H and O–H groups in total. The number of carboxylic acids is 1. The minimum absolute atomic E-state index is 0.118. The highest BCUT2D eigenvalue weighted by atomic mass is 32.2. The summed E-state index contributed by atoms with van der Waals surface area (Å²) in [6.07, 6.45) is 2.40. The lowest BCUT2D eigenvalue weighted by atomic mass is 10.1. The number of aromatic carboxylic acids is 1. The molecule has 1 saturated heterocycles. The molecule has 0 spiro atoms. The molecule has 0 radical (unpaired) electrons. The molecule has 0 aromatic heterocycles. The Bertz CT molecular complexity index is 650. The van der Waals surface area contributed by atoms with Gasteiger partial charge in [-0.05, 0) is 37.0 Å². The molecule has 1 aromatic rings. The molecule has 0 atom stereocenters. The highest BCUT2D eigenvalue weighted by Crippen LogP contribution is 2.33. The molecule has 0 unspecified atom stereocenters. The van der Waals surface area contributed by atoms with Crippen molar-refractivity contribution in [2.24, 2.45) is 0 Å². The maximum absolute atomic E-state index is 12.6. The van der Waals surface area contributed by atoms with Gasteiger partial charge in [-0.1, -0.05) is 6.07 Å². The van der Waals surface area contributed by atoms with E-state index in [1.165, 1.54) is 20.7 Å². The molecular formula is C13H16N2O4S. The van der Waals surface area contributed by atoms with Crippen molar-refractivity contribution in [1.29, 1.82) is 0 Å². The molecular weight excluding hydrogens is 280 g/mol. The average Bonchev–Trinajstić information content (AvgIpc) is 3.07. The lowest BCUT2D eigenvalue weighted by molar-refractivity contribution is 0.0697. The quantitative estimate of drug-likeness (QED) is 0.905. The van der Waals surface area contributed by atoms with E-state index in [-0.39, 0.29) is 5.56 Å². The molecule has 2 heterocycles. The maximum atomic E-state index is 12.6. The monoisotopic (exact) mass is 296 g/mol. The molecule has 6 nitrogen and oxygen atoms in total. The number of nitrogens with zero attached hydrogens (tertiary/aromatic N) is 2. The molecule has 2 aliphatic rings. The molecule has 1 aromatic carbocycles. The number of carbonyl (C=O) groups is 1. The van der Waals surface area contributed by atoms with Crippen LogP contribution in [-0.2, 0) is 16.6 Å². The Morgan fingerprint density at radius 1 is 1.15 bits per heavy atom. The van der Waals surface area contributed by atoms with Crippen LogP contribution in [0.2, 0.25) is 0 Å². The molecule has 20 heavy (non-hydrogen) atoms. The van der Waals surface area contributed by atoms with Gasteiger partial charge in [-0.25, -0.2) is 4.79 Å². The van der Waals surface area contributed by atoms with Crippen molar-refractivity contribution in [2.75, 3.05) is 23.9 Å². The molecule has 0 bridgehead atoms. The Morgan fingerprint density at radius 2 is 1.85 bits per heavy atom. The zero-order chi connectivity index (χ0) is 14.3. The lowest BCUT2D eigenvalue weighted by Crippen LogP contribution is -2.41. The Kier molecular flexibility index (Phi) is 3.18. The summed E-state index contributed by atoms with van der Waals surface area (Å²) in [7, 11) is -3.52. The van der Waals surface area contributed by atoms with Crippen molar-refractivity contribution >= 4 is 21.9 Å². The average molecular weight is 296 g/mol. The van der Waals surface area contributed by atoms with Crippen LogP contribution in [0.25, 0.3) is 0 Å². The van der Waals surface area contributed by atoms with Crippen LogP contribution in [0.5, 0.6) is 0 Å². The van der Waals surface area contributed by atoms with Crippen molar-refractivity contribution < 1.29 is 18.3 Å². The first-order chi connectivity index (χ1) is 9.50. The number of hydrogen-bond acceptors (Lipinski definition) is 3. The lowest BCUT2D eigenvalue weighted by Gasteiger charge is -2.25. The van der Waals surface area contributed by atoms with Gasteiger partial charge in [-0.15, -0.1) is 0 Å². The third-order valence-electron chi connectivity index (χ3n) is 3.85. The molecule has 0 amide bonds. The summed E-state index contributed by atoms with van der Waals surface area (Å²) in [5, 5.41) is 9.04. The summed E-state index contributed by atoms with van der Waals surface area (Å²) in [5.74, 6) is -1.04. The van der Waals surface area contributed by atoms with E-state index in [2.05, 4.69) is 0 Å². The minimum atomic E-state index is -3.52. The highest BCUT2D eigenvalue weighted by molar-refractivity contribution is 7.90. The fraction of sp³-hybridized carbons (Fsp3) is 0.462. The summed E-state index contributed by atoms with van der Waals surface area (Å²) < 4.78 is 28.0. The fourth-order valence-electron chi connectivity index (χ4n) is 2.78. The second kappa shape index (κ2) is 4.75. The molecule has 2 aliphatic heterocycles. The summed E-state index contributed by atoms with van der Waals surface area (Å²) in [6, 6.07) is 4.68. The van der Waals surface area contributed by atoms with Crippen molar-refractivity contribution in [1.82, 2.24) is 4.31 Å². The number of anilines is 1. The Hall–Kier alpha value is -1.60. The molecule has 108 valence electrons. The SMILES string of the molecule is O=C(O)c1ccc2c(c1)N(S(=O)(=O)N1CCCC1)CC2. The van der Waals surface area contributed by atoms with Crippen LogP contribution >= 0.6 is 0 Å². The topological polar surface area (TPSA) is 77.9 Å². The number of benzene rings is 1. The molecule has 0 aliphatic carbocycles. The van der Waals surface area contributed by atoms with Crippen LogP contribution < -0.4 is 4.31 Å². The second-order valence-electron chi connectivity index (χ2n) is 5.08. The van der Waals surface area contributed by atoms with Crippen LogP contribution in [0.1, 0.15) is 28.8 Å². The molecule has 7 heteroatoms. The zero-order valence-corrected chi connectivity index (χ0v) is 11.8. The van der Waals surface area contributed by atoms with Crippen LogP contribution in [-0.4, -0.2) is 43.4 Å². The molecule has 0 saturated carbocycles. The number of carboxylic acid groups (broad SMARTS) is 1. The van der Waals surface area contributed by atoms with Crippen molar-refractivity contribution in [3.05, 3.63) is 29.3 Å². The third kappa shape index (κ3) is 2.06. The van der Waals surface area contributed by atoms with Crippen molar-refractivity contribution in [3.8, 4) is 0 Å². The largest absolute Gasteiger partial charge is 0.478 e. The maximum Gasteiger partial charge on any atom is 0.335 e. The van der Waals surface area contributed by atoms with Gasteiger partial charge in [0.1, 0.15) is 0 Å². The normalized spacial score (nSPS) is 19.3. The Labute approximate surface area is 117 Å². The minimum Gasteiger partial charge on any atom is -0.478 e. The highest BCUT2D eigenvalue weighted by Gasteiger charge is 2.35. The summed E-state index contributed by atoms with van der Waals surface area (Å²) in [6.45, 7) is 1.48. The number of rotatable bonds is 3. The fourth-order valence-corrected chi connectivity index (χ4v) is 4.52. The predicted molar refractivity (Wildman–Crippen MR) is 74.2 cm³/mol. The van der Waals surface area contributed by atoms with E-state index < -0.39 is 16.2 Å². The summed E-state index contributed by atoms with van der Waals surface area (Å²) >= 11 is 0. The predicted octanol–water partition coefficient (Wildman–Crippen LogP) is 1.09. The summed E-state index contributed by atoms with van der Waals surface area (Å²) in [5.41, 5.74) is 1.52. The standard InChI is InChI=1S/C13H16N2O4S/c16-13(17)11-4-3-10-5-8-15(12(10)9-11)20(18,19)14-6-1-2-7-14/h3-4,9H,1-2,5-8H2,(H,16,17).